The third kappa shape index (κ3) is 3.63. The Kier molecular flexibility index (Phi) is 5.24. The second-order valence-electron chi connectivity index (χ2n) is 5.08. The number of carbonyl (C=O) groups is 1. The maximum atomic E-state index is 12.4. The van der Waals surface area contributed by atoms with Crippen molar-refractivity contribution in [3.63, 3.8) is 0 Å². The number of ether oxygens (including phenoxy) is 1. The lowest BCUT2D eigenvalue weighted by Crippen LogP contribution is -2.46. The summed E-state index contributed by atoms with van der Waals surface area (Å²) in [6.07, 6.45) is 4.15. The molecule has 0 aromatic heterocycles. The summed E-state index contributed by atoms with van der Waals surface area (Å²) in [5, 5.41) is 2.94. The predicted octanol–water partition coefficient (Wildman–Crippen LogP) is 2.43. The number of nitrogens with zero attached hydrogens (tertiary/aromatic N) is 1. The van der Waals surface area contributed by atoms with E-state index in [2.05, 4.69) is 5.32 Å². The van der Waals surface area contributed by atoms with Gasteiger partial charge in [0.2, 0.25) is 0 Å². The Bertz CT molecular complexity index is 448. The number of hydrogen-bond donors (Lipinski definition) is 2. The van der Waals surface area contributed by atoms with E-state index in [1.807, 2.05) is 29.2 Å². The molecule has 3 N–H and O–H groups in total. The number of amides is 2. The molecule has 1 heterocycles. The third-order valence-corrected chi connectivity index (χ3v) is 3.71. The first-order valence-electron chi connectivity index (χ1n) is 7.16. The van der Waals surface area contributed by atoms with Crippen molar-refractivity contribution in [2.45, 2.75) is 31.7 Å². The summed E-state index contributed by atoms with van der Waals surface area (Å²) in [5.74, 6) is 0.736. The lowest BCUT2D eigenvalue weighted by Gasteiger charge is -2.35. The number of anilines is 1. The highest BCUT2D eigenvalue weighted by atomic mass is 16.5. The second-order valence-corrected chi connectivity index (χ2v) is 5.08. The number of benzene rings is 1. The van der Waals surface area contributed by atoms with Gasteiger partial charge in [0.05, 0.1) is 7.11 Å². The largest absolute Gasteiger partial charge is 0.497 e. The molecule has 1 fully saturated rings. The van der Waals surface area contributed by atoms with Gasteiger partial charge in [-0.1, -0.05) is 6.07 Å². The minimum absolute atomic E-state index is 0.0450. The molecule has 1 aliphatic heterocycles. The van der Waals surface area contributed by atoms with E-state index in [-0.39, 0.29) is 12.1 Å². The Hall–Kier alpha value is -1.75. The molecule has 5 heteroatoms. The van der Waals surface area contributed by atoms with E-state index in [9.17, 15) is 4.79 Å². The molecule has 1 aromatic carbocycles. The van der Waals surface area contributed by atoms with Crippen LogP contribution in [0.15, 0.2) is 24.3 Å². The number of piperidine rings is 1. The van der Waals surface area contributed by atoms with Crippen LogP contribution in [-0.4, -0.2) is 37.2 Å². The molecule has 0 spiro atoms. The average Bonchev–Trinajstić information content (AvgIpc) is 2.48. The summed E-state index contributed by atoms with van der Waals surface area (Å²) in [4.78, 5) is 14.3. The van der Waals surface area contributed by atoms with E-state index in [0.29, 0.717) is 6.54 Å². The molecule has 1 atom stereocenters. The second kappa shape index (κ2) is 7.14. The number of rotatable bonds is 4. The SMILES string of the molecule is COc1cccc(NC(=O)N2CCCCC2CCN)c1. The Morgan fingerprint density at radius 2 is 2.35 bits per heavy atom. The highest BCUT2D eigenvalue weighted by molar-refractivity contribution is 5.89. The van der Waals surface area contributed by atoms with Crippen molar-refractivity contribution in [2.75, 3.05) is 25.5 Å². The fourth-order valence-electron chi connectivity index (χ4n) is 2.66. The number of methoxy groups -OCH3 is 1. The molecule has 0 radical (unpaired) electrons. The molecule has 2 amide bonds. The van der Waals surface area contributed by atoms with Crippen LogP contribution >= 0.6 is 0 Å². The van der Waals surface area contributed by atoms with Gasteiger partial charge in [0.15, 0.2) is 0 Å². The number of carbonyl (C=O) groups excluding carboxylic acids is 1. The molecule has 1 unspecified atom stereocenters. The number of likely N-dealkylation sites (tertiary alicyclic amines) is 1. The van der Waals surface area contributed by atoms with Gasteiger partial charge in [0.25, 0.3) is 0 Å². The maximum Gasteiger partial charge on any atom is 0.322 e. The van der Waals surface area contributed by atoms with Crippen molar-refractivity contribution in [2.24, 2.45) is 5.73 Å². The first-order valence-corrected chi connectivity index (χ1v) is 7.16. The highest BCUT2D eigenvalue weighted by Gasteiger charge is 2.25. The van der Waals surface area contributed by atoms with Gasteiger partial charge < -0.3 is 20.7 Å². The van der Waals surface area contributed by atoms with Crippen LogP contribution in [0.3, 0.4) is 0 Å². The molecule has 20 heavy (non-hydrogen) atoms. The summed E-state index contributed by atoms with van der Waals surface area (Å²) in [5.41, 5.74) is 6.39. The van der Waals surface area contributed by atoms with E-state index >= 15 is 0 Å². The number of nitrogens with one attached hydrogen (secondary N) is 1. The highest BCUT2D eigenvalue weighted by Crippen LogP contribution is 2.22. The Morgan fingerprint density at radius 1 is 1.50 bits per heavy atom. The zero-order valence-corrected chi connectivity index (χ0v) is 12.0. The van der Waals surface area contributed by atoms with E-state index < -0.39 is 0 Å². The van der Waals surface area contributed by atoms with Gasteiger partial charge in [0, 0.05) is 24.3 Å². The monoisotopic (exact) mass is 277 g/mol. The van der Waals surface area contributed by atoms with Crippen LogP contribution < -0.4 is 15.8 Å². The first kappa shape index (κ1) is 14.7. The van der Waals surface area contributed by atoms with Crippen LogP contribution in [0.4, 0.5) is 10.5 Å². The standard InChI is InChI=1S/C15H23N3O2/c1-20-14-7-4-5-12(11-14)17-15(19)18-10-3-2-6-13(18)8-9-16/h4-5,7,11,13H,2-3,6,8-10,16H2,1H3,(H,17,19). The van der Waals surface area contributed by atoms with Gasteiger partial charge in [-0.05, 0) is 44.4 Å². The fourth-order valence-corrected chi connectivity index (χ4v) is 2.66. The van der Waals surface area contributed by atoms with Crippen molar-refractivity contribution >= 4 is 11.7 Å². The fraction of sp³-hybridized carbons (Fsp3) is 0.533. The molecule has 1 aromatic rings. The van der Waals surface area contributed by atoms with Crippen molar-refractivity contribution in [3.05, 3.63) is 24.3 Å². The van der Waals surface area contributed by atoms with E-state index in [0.717, 1.165) is 37.2 Å². The van der Waals surface area contributed by atoms with Crippen molar-refractivity contribution in [3.8, 4) is 5.75 Å². The van der Waals surface area contributed by atoms with Crippen LogP contribution in [0, 0.1) is 0 Å². The molecular formula is C15H23N3O2. The molecule has 2 rings (SSSR count). The topological polar surface area (TPSA) is 67.6 Å². The lowest BCUT2D eigenvalue weighted by molar-refractivity contribution is 0.159. The predicted molar refractivity (Wildman–Crippen MR) is 80.0 cm³/mol. The van der Waals surface area contributed by atoms with Gasteiger partial charge in [-0.25, -0.2) is 4.79 Å². The summed E-state index contributed by atoms with van der Waals surface area (Å²) < 4.78 is 5.16. The van der Waals surface area contributed by atoms with Gasteiger partial charge in [-0.3, -0.25) is 0 Å². The zero-order chi connectivity index (χ0) is 14.4. The molecule has 1 saturated heterocycles. The average molecular weight is 277 g/mol. The molecule has 5 nitrogen and oxygen atoms in total. The van der Waals surface area contributed by atoms with Crippen LogP contribution in [-0.2, 0) is 0 Å². The third-order valence-electron chi connectivity index (χ3n) is 3.71. The van der Waals surface area contributed by atoms with Crippen molar-refractivity contribution < 1.29 is 9.53 Å². The van der Waals surface area contributed by atoms with Crippen molar-refractivity contribution in [1.29, 1.82) is 0 Å². The lowest BCUT2D eigenvalue weighted by atomic mass is 10.00. The van der Waals surface area contributed by atoms with E-state index in [1.54, 1.807) is 7.11 Å². The molecule has 0 saturated carbocycles. The van der Waals surface area contributed by atoms with E-state index in [4.69, 9.17) is 10.5 Å². The van der Waals surface area contributed by atoms with Gasteiger partial charge in [-0.15, -0.1) is 0 Å². The van der Waals surface area contributed by atoms with Crippen LogP contribution in [0.1, 0.15) is 25.7 Å². The Morgan fingerprint density at radius 3 is 3.10 bits per heavy atom. The summed E-state index contributed by atoms with van der Waals surface area (Å²) in [7, 11) is 1.61. The molecule has 110 valence electrons. The summed E-state index contributed by atoms with van der Waals surface area (Å²) in [6.45, 7) is 1.42. The van der Waals surface area contributed by atoms with Crippen molar-refractivity contribution in [1.82, 2.24) is 4.90 Å². The molecule has 1 aliphatic rings. The normalized spacial score (nSPS) is 18.7. The minimum Gasteiger partial charge on any atom is -0.497 e. The van der Waals surface area contributed by atoms with Gasteiger partial charge in [-0.2, -0.15) is 0 Å². The molecule has 0 aliphatic carbocycles. The maximum absolute atomic E-state index is 12.4. The van der Waals surface area contributed by atoms with Gasteiger partial charge in [0.1, 0.15) is 5.75 Å². The Balaban J connectivity index is 2.01. The molecule has 0 bridgehead atoms. The zero-order valence-electron chi connectivity index (χ0n) is 12.0. The number of nitrogens with two attached hydrogens (primary N) is 1. The number of hydrogen-bond acceptors (Lipinski definition) is 3. The van der Waals surface area contributed by atoms with Gasteiger partial charge >= 0.3 is 6.03 Å². The number of urea groups is 1. The van der Waals surface area contributed by atoms with Crippen LogP contribution in [0.2, 0.25) is 0 Å². The Labute approximate surface area is 120 Å². The first-order chi connectivity index (χ1) is 9.74. The summed E-state index contributed by atoms with van der Waals surface area (Å²) in [6, 6.07) is 7.62. The minimum atomic E-state index is -0.0450. The van der Waals surface area contributed by atoms with Crippen LogP contribution in [0.25, 0.3) is 0 Å². The smallest absolute Gasteiger partial charge is 0.322 e. The van der Waals surface area contributed by atoms with Crippen LogP contribution in [0.5, 0.6) is 5.75 Å². The molecular weight excluding hydrogens is 254 g/mol. The van der Waals surface area contributed by atoms with E-state index in [1.165, 1.54) is 6.42 Å². The summed E-state index contributed by atoms with van der Waals surface area (Å²) >= 11 is 0. The quantitative estimate of drug-likeness (QED) is 0.888.